The molecule has 1 N–H and O–H groups in total. The zero-order valence-electron chi connectivity index (χ0n) is 12.9. The van der Waals surface area contributed by atoms with Crippen LogP contribution < -0.4 is 0 Å². The number of hydrogen-bond acceptors (Lipinski definition) is 3. The van der Waals surface area contributed by atoms with Gasteiger partial charge in [-0.05, 0) is 32.6 Å². The Balaban J connectivity index is 2.93. The minimum absolute atomic E-state index is 0.0602. The molecule has 2 atom stereocenters. The van der Waals surface area contributed by atoms with Crippen LogP contribution >= 0.6 is 0 Å². The number of carbonyl (C=O) groups excluding carboxylic acids is 1. The Bertz CT molecular complexity index is 391. The van der Waals surface area contributed by atoms with Gasteiger partial charge in [0.25, 0.3) is 0 Å². The summed E-state index contributed by atoms with van der Waals surface area (Å²) in [5.74, 6) is -1.02. The molecule has 1 aliphatic carbocycles. The van der Waals surface area contributed by atoms with Crippen LogP contribution in [0, 0.1) is 11.3 Å². The second kappa shape index (κ2) is 4.39. The number of carboxylic acids is 1. The van der Waals surface area contributed by atoms with Crippen LogP contribution in [-0.2, 0) is 9.53 Å². The third kappa shape index (κ3) is 3.01. The molecule has 0 aromatic rings. The first-order valence-electron chi connectivity index (χ1n) is 6.52. The van der Waals surface area contributed by atoms with Crippen LogP contribution in [0.3, 0.4) is 0 Å². The van der Waals surface area contributed by atoms with Gasteiger partial charge in [0.1, 0.15) is 11.1 Å². The molecule has 19 heavy (non-hydrogen) atoms. The molecule has 0 heterocycles. The molecule has 0 spiro atoms. The lowest BCUT2D eigenvalue weighted by molar-refractivity contribution is -0.145. The van der Waals surface area contributed by atoms with Gasteiger partial charge in [-0.15, -0.1) is 0 Å². The summed E-state index contributed by atoms with van der Waals surface area (Å²) in [6, 6.07) is 0. The molecule has 1 saturated carbocycles. The number of rotatable bonds is 2. The Kier molecular flexibility index (Phi) is 3.65. The first kappa shape index (κ1) is 15.8. The lowest BCUT2D eigenvalue weighted by Gasteiger charge is -2.31. The van der Waals surface area contributed by atoms with Crippen molar-refractivity contribution in [2.45, 2.75) is 59.1 Å². The van der Waals surface area contributed by atoms with Gasteiger partial charge in [-0.2, -0.15) is 0 Å². The van der Waals surface area contributed by atoms with Crippen LogP contribution in [0.25, 0.3) is 0 Å². The molecule has 1 aliphatic rings. The van der Waals surface area contributed by atoms with E-state index in [4.69, 9.17) is 4.74 Å². The highest BCUT2D eigenvalue weighted by molar-refractivity contribution is 5.88. The number of carbonyl (C=O) groups is 2. The number of hydrogen-bond donors (Lipinski definition) is 1. The lowest BCUT2D eigenvalue weighted by atomic mass is 9.87. The smallest absolute Gasteiger partial charge is 0.410 e. The number of aliphatic carboxylic acids is 1. The summed E-state index contributed by atoms with van der Waals surface area (Å²) in [4.78, 5) is 24.9. The van der Waals surface area contributed by atoms with Crippen molar-refractivity contribution < 1.29 is 19.4 Å². The van der Waals surface area contributed by atoms with Gasteiger partial charge in [0.05, 0.1) is 0 Å². The van der Waals surface area contributed by atoms with Gasteiger partial charge in [-0.3, -0.25) is 4.90 Å². The summed E-state index contributed by atoms with van der Waals surface area (Å²) < 4.78 is 5.26. The molecule has 1 rings (SSSR count). The number of likely N-dealkylation sites (N-methyl/N-ethyl adjacent to an activating group) is 1. The molecule has 0 aliphatic heterocycles. The predicted octanol–water partition coefficient (Wildman–Crippen LogP) is 2.74. The molecule has 1 amide bonds. The summed E-state index contributed by atoms with van der Waals surface area (Å²) in [6.45, 7) is 11.3. The largest absolute Gasteiger partial charge is 0.479 e. The first-order chi connectivity index (χ1) is 8.32. The molecule has 0 aromatic carbocycles. The van der Waals surface area contributed by atoms with Crippen molar-refractivity contribution in [2.75, 3.05) is 7.05 Å². The third-order valence-corrected chi connectivity index (χ3v) is 3.61. The lowest BCUT2D eigenvalue weighted by Crippen LogP contribution is -2.49. The molecule has 110 valence electrons. The van der Waals surface area contributed by atoms with Crippen LogP contribution in [0.1, 0.15) is 48.0 Å². The minimum atomic E-state index is -1.12. The maximum absolute atomic E-state index is 12.1. The standard InChI is InChI=1S/C14H25NO4/c1-12(2,3)9-8-14(9,10(16)17)15(7)11(18)19-13(4,5)6/h9H,8H2,1-7H3,(H,16,17)/t9-,14?/m0/s1. The highest BCUT2D eigenvalue weighted by Gasteiger charge is 2.68. The average Bonchev–Trinajstić information content (AvgIpc) is 2.88. The zero-order chi connectivity index (χ0) is 15.2. The SMILES string of the molecule is CN(C(=O)OC(C)(C)C)C1(C(=O)O)C[C@H]1C(C)(C)C. The van der Waals surface area contributed by atoms with Crippen molar-refractivity contribution in [1.29, 1.82) is 0 Å². The van der Waals surface area contributed by atoms with Crippen molar-refractivity contribution in [3.8, 4) is 0 Å². The highest BCUT2D eigenvalue weighted by atomic mass is 16.6. The summed E-state index contributed by atoms with van der Waals surface area (Å²) in [5.41, 5.74) is -1.91. The Hall–Kier alpha value is -1.26. The van der Waals surface area contributed by atoms with Gasteiger partial charge >= 0.3 is 12.1 Å². The maximum Gasteiger partial charge on any atom is 0.410 e. The van der Waals surface area contributed by atoms with E-state index in [2.05, 4.69) is 0 Å². The second-order valence-corrected chi connectivity index (χ2v) is 7.39. The molecule has 1 unspecified atom stereocenters. The molecule has 5 heteroatoms. The van der Waals surface area contributed by atoms with E-state index < -0.39 is 23.2 Å². The van der Waals surface area contributed by atoms with Gasteiger partial charge in [-0.25, -0.2) is 9.59 Å². The van der Waals surface area contributed by atoms with Crippen LogP contribution in [-0.4, -0.2) is 40.3 Å². The normalized spacial score (nSPS) is 26.8. The van der Waals surface area contributed by atoms with Gasteiger partial charge in [0.2, 0.25) is 0 Å². The molecule has 0 aromatic heterocycles. The van der Waals surface area contributed by atoms with Crippen LogP contribution in [0.5, 0.6) is 0 Å². The first-order valence-corrected chi connectivity index (χ1v) is 6.52. The fraction of sp³-hybridized carbons (Fsp3) is 0.857. The van der Waals surface area contributed by atoms with E-state index in [0.29, 0.717) is 6.42 Å². The zero-order valence-corrected chi connectivity index (χ0v) is 12.9. The van der Waals surface area contributed by atoms with Crippen LogP contribution in [0.15, 0.2) is 0 Å². The summed E-state index contributed by atoms with van der Waals surface area (Å²) in [7, 11) is 1.51. The van der Waals surface area contributed by atoms with Crippen molar-refractivity contribution in [3.05, 3.63) is 0 Å². The number of carboxylic acid groups (broad SMARTS) is 1. The average molecular weight is 271 g/mol. The molecular formula is C14H25NO4. The topological polar surface area (TPSA) is 66.8 Å². The Morgan fingerprint density at radius 1 is 1.21 bits per heavy atom. The van der Waals surface area contributed by atoms with Gasteiger partial charge in [0, 0.05) is 13.0 Å². The van der Waals surface area contributed by atoms with E-state index in [1.54, 1.807) is 20.8 Å². The van der Waals surface area contributed by atoms with Gasteiger partial charge < -0.3 is 9.84 Å². The fourth-order valence-electron chi connectivity index (χ4n) is 2.52. The van der Waals surface area contributed by atoms with Crippen molar-refractivity contribution in [2.24, 2.45) is 11.3 Å². The number of amides is 1. The van der Waals surface area contributed by atoms with Gasteiger partial charge in [-0.1, -0.05) is 20.8 Å². The van der Waals surface area contributed by atoms with Crippen molar-refractivity contribution in [3.63, 3.8) is 0 Å². The summed E-state index contributed by atoms with van der Waals surface area (Å²) in [5, 5.41) is 9.51. The molecule has 0 radical (unpaired) electrons. The molecular weight excluding hydrogens is 246 g/mol. The summed E-state index contributed by atoms with van der Waals surface area (Å²) >= 11 is 0. The molecule has 5 nitrogen and oxygen atoms in total. The summed E-state index contributed by atoms with van der Waals surface area (Å²) in [6.07, 6.45) is -0.108. The fourth-order valence-corrected chi connectivity index (χ4v) is 2.52. The Morgan fingerprint density at radius 3 is 1.95 bits per heavy atom. The van der Waals surface area contributed by atoms with E-state index in [-0.39, 0.29) is 11.3 Å². The maximum atomic E-state index is 12.1. The van der Waals surface area contributed by atoms with E-state index in [1.165, 1.54) is 11.9 Å². The monoisotopic (exact) mass is 271 g/mol. The van der Waals surface area contributed by atoms with Crippen LogP contribution in [0.2, 0.25) is 0 Å². The minimum Gasteiger partial charge on any atom is -0.479 e. The van der Waals surface area contributed by atoms with E-state index in [9.17, 15) is 14.7 Å². The molecule has 0 saturated heterocycles. The second-order valence-electron chi connectivity index (χ2n) is 7.39. The number of nitrogens with zero attached hydrogens (tertiary/aromatic N) is 1. The van der Waals surface area contributed by atoms with E-state index >= 15 is 0 Å². The third-order valence-electron chi connectivity index (χ3n) is 3.61. The van der Waals surface area contributed by atoms with Crippen molar-refractivity contribution in [1.82, 2.24) is 4.90 Å². The van der Waals surface area contributed by atoms with E-state index in [0.717, 1.165) is 0 Å². The van der Waals surface area contributed by atoms with Crippen molar-refractivity contribution >= 4 is 12.1 Å². The Morgan fingerprint density at radius 2 is 1.68 bits per heavy atom. The quantitative estimate of drug-likeness (QED) is 0.838. The molecule has 0 bridgehead atoms. The van der Waals surface area contributed by atoms with Gasteiger partial charge in [0.15, 0.2) is 0 Å². The predicted molar refractivity (Wildman–Crippen MR) is 71.9 cm³/mol. The van der Waals surface area contributed by atoms with E-state index in [1.807, 2.05) is 20.8 Å². The van der Waals surface area contributed by atoms with Crippen LogP contribution in [0.4, 0.5) is 4.79 Å². The Labute approximate surface area is 114 Å². The highest BCUT2D eigenvalue weighted by Crippen LogP contribution is 2.57. The number of ether oxygens (including phenoxy) is 1. The molecule has 1 fully saturated rings.